The van der Waals surface area contributed by atoms with Gasteiger partial charge in [0, 0.05) is 6.54 Å². The molecule has 0 aliphatic heterocycles. The number of nitrogens with zero attached hydrogens (tertiary/aromatic N) is 1. The molecule has 0 fully saturated rings. The third kappa shape index (κ3) is 7.82. The van der Waals surface area contributed by atoms with Gasteiger partial charge in [-0.25, -0.2) is 0 Å². The largest absolute Gasteiger partial charge is 0.305 e. The molecule has 0 amide bonds. The Labute approximate surface area is 88.2 Å². The number of rotatable bonds is 2. The molecule has 0 aromatic heterocycles. The van der Waals surface area contributed by atoms with E-state index in [1.54, 1.807) is 6.92 Å². The predicted octanol–water partition coefficient (Wildman–Crippen LogP) is 3.01. The van der Waals surface area contributed by atoms with Crippen molar-refractivity contribution in [2.24, 2.45) is 0 Å². The van der Waals surface area contributed by atoms with Gasteiger partial charge in [-0.05, 0) is 19.7 Å². The molecule has 0 saturated carbocycles. The number of hydrogen-bond acceptors (Lipinski definition) is 1. The summed E-state index contributed by atoms with van der Waals surface area (Å²) in [6.07, 6.45) is 0. The third-order valence-corrected chi connectivity index (χ3v) is 1.34. The lowest BCUT2D eigenvalue weighted by atomic mass is 10.2. The van der Waals surface area contributed by atoms with Gasteiger partial charge in [0.1, 0.15) is 0 Å². The molecule has 0 saturated heterocycles. The number of benzene rings is 1. The molecule has 0 heterocycles. The predicted molar refractivity (Wildman–Crippen MR) is 62.1 cm³/mol. The zero-order chi connectivity index (χ0) is 9.40. The maximum atomic E-state index is 3.25. The first kappa shape index (κ1) is 15.0. The molecule has 0 aliphatic rings. The average molecular weight is 201 g/mol. The molecule has 1 radical (unpaired) electrons. The standard InChI is InChI=1S/C9H13N.C2H5.ClH/c1-10(2)8-9-6-4-3-5-7-9;1-2;/h3-7H,8H2,1-2H3;1H2,2H3;1H. The molecule has 13 heavy (non-hydrogen) atoms. The molecule has 0 N–H and O–H groups in total. The molecule has 0 aliphatic carbocycles. The Bertz CT molecular complexity index is 185. The van der Waals surface area contributed by atoms with Crippen LogP contribution in [-0.4, -0.2) is 19.0 Å². The molecule has 1 aromatic carbocycles. The van der Waals surface area contributed by atoms with E-state index in [0.717, 1.165) is 6.54 Å². The van der Waals surface area contributed by atoms with E-state index in [1.165, 1.54) is 5.56 Å². The molecule has 75 valence electrons. The second-order valence-corrected chi connectivity index (χ2v) is 2.72. The molecule has 2 heteroatoms. The summed E-state index contributed by atoms with van der Waals surface area (Å²) in [6.45, 7) is 6.03. The van der Waals surface area contributed by atoms with Crippen molar-refractivity contribution in [3.8, 4) is 0 Å². The zero-order valence-electron chi connectivity index (χ0n) is 8.66. The fourth-order valence-corrected chi connectivity index (χ4v) is 0.949. The molecular formula is C11H19ClN. The van der Waals surface area contributed by atoms with E-state index in [4.69, 9.17) is 0 Å². The molecule has 1 nitrogen and oxygen atoms in total. The van der Waals surface area contributed by atoms with Crippen LogP contribution in [0.5, 0.6) is 0 Å². The average Bonchev–Trinajstić information content (AvgIpc) is 2.08. The van der Waals surface area contributed by atoms with Gasteiger partial charge < -0.3 is 4.90 Å². The van der Waals surface area contributed by atoms with Crippen LogP contribution >= 0.6 is 12.4 Å². The first-order chi connectivity index (χ1) is 5.79. The molecule has 0 atom stereocenters. The van der Waals surface area contributed by atoms with Crippen molar-refractivity contribution in [3.05, 3.63) is 42.8 Å². The van der Waals surface area contributed by atoms with Crippen LogP contribution in [0.2, 0.25) is 0 Å². The van der Waals surface area contributed by atoms with Gasteiger partial charge in [-0.2, -0.15) is 0 Å². The highest BCUT2D eigenvalue weighted by atomic mass is 35.5. The van der Waals surface area contributed by atoms with E-state index in [-0.39, 0.29) is 12.4 Å². The van der Waals surface area contributed by atoms with Crippen LogP contribution in [0.4, 0.5) is 0 Å². The molecule has 0 spiro atoms. The quantitative estimate of drug-likeness (QED) is 0.710. The fraction of sp³-hybridized carbons (Fsp3) is 0.364. The Morgan fingerprint density at radius 2 is 1.54 bits per heavy atom. The lowest BCUT2D eigenvalue weighted by molar-refractivity contribution is 0.402. The molecule has 0 bridgehead atoms. The zero-order valence-corrected chi connectivity index (χ0v) is 9.47. The number of hydrogen-bond donors (Lipinski definition) is 0. The molecule has 1 aromatic rings. The summed E-state index contributed by atoms with van der Waals surface area (Å²) in [5.74, 6) is 0. The number of halogens is 1. The highest BCUT2D eigenvalue weighted by Gasteiger charge is 1.90. The summed E-state index contributed by atoms with van der Waals surface area (Å²) in [6, 6.07) is 10.5. The summed E-state index contributed by atoms with van der Waals surface area (Å²) in [4.78, 5) is 2.16. The minimum Gasteiger partial charge on any atom is -0.305 e. The fourth-order valence-electron chi connectivity index (χ4n) is 0.949. The first-order valence-corrected chi connectivity index (χ1v) is 4.18. The van der Waals surface area contributed by atoms with E-state index in [0.29, 0.717) is 0 Å². The molecular weight excluding hydrogens is 182 g/mol. The van der Waals surface area contributed by atoms with Crippen LogP contribution in [0.3, 0.4) is 0 Å². The Hall–Kier alpha value is -0.530. The van der Waals surface area contributed by atoms with Crippen molar-refractivity contribution < 1.29 is 0 Å². The highest BCUT2D eigenvalue weighted by molar-refractivity contribution is 5.85. The van der Waals surface area contributed by atoms with Gasteiger partial charge in [0.25, 0.3) is 0 Å². The second kappa shape index (κ2) is 9.56. The van der Waals surface area contributed by atoms with Crippen molar-refractivity contribution in [2.45, 2.75) is 13.5 Å². The van der Waals surface area contributed by atoms with Crippen LogP contribution in [-0.2, 0) is 6.54 Å². The van der Waals surface area contributed by atoms with Gasteiger partial charge in [-0.1, -0.05) is 44.2 Å². The van der Waals surface area contributed by atoms with E-state index in [9.17, 15) is 0 Å². The van der Waals surface area contributed by atoms with Crippen LogP contribution in [0.15, 0.2) is 30.3 Å². The van der Waals surface area contributed by atoms with Crippen molar-refractivity contribution in [1.29, 1.82) is 0 Å². The Balaban J connectivity index is 0. The van der Waals surface area contributed by atoms with Gasteiger partial charge >= 0.3 is 0 Å². The second-order valence-electron chi connectivity index (χ2n) is 2.72. The van der Waals surface area contributed by atoms with Crippen molar-refractivity contribution >= 4 is 12.4 Å². The van der Waals surface area contributed by atoms with Gasteiger partial charge in [0.05, 0.1) is 0 Å². The Morgan fingerprint density at radius 3 is 1.92 bits per heavy atom. The van der Waals surface area contributed by atoms with Gasteiger partial charge in [0.2, 0.25) is 0 Å². The van der Waals surface area contributed by atoms with E-state index < -0.39 is 0 Å². The third-order valence-electron chi connectivity index (χ3n) is 1.34. The summed E-state index contributed by atoms with van der Waals surface area (Å²) in [7, 11) is 4.15. The van der Waals surface area contributed by atoms with Crippen LogP contribution in [0.25, 0.3) is 0 Å². The van der Waals surface area contributed by atoms with Gasteiger partial charge in [-0.15, -0.1) is 12.4 Å². The summed E-state index contributed by atoms with van der Waals surface area (Å²) >= 11 is 0. The SMILES string of the molecule is CN(C)Cc1ccccc1.Cl.[CH2]C. The maximum Gasteiger partial charge on any atom is 0.0227 e. The van der Waals surface area contributed by atoms with E-state index in [1.807, 2.05) is 6.07 Å². The van der Waals surface area contributed by atoms with E-state index >= 15 is 0 Å². The normalized spacial score (nSPS) is 8.38. The van der Waals surface area contributed by atoms with Crippen LogP contribution < -0.4 is 0 Å². The molecule has 1 rings (SSSR count). The molecule has 0 unspecified atom stereocenters. The van der Waals surface area contributed by atoms with Crippen molar-refractivity contribution in [1.82, 2.24) is 4.90 Å². The van der Waals surface area contributed by atoms with Crippen LogP contribution in [0, 0.1) is 6.92 Å². The minimum absolute atomic E-state index is 0. The Kier molecular flexibility index (Phi) is 11.0. The van der Waals surface area contributed by atoms with E-state index in [2.05, 4.69) is 50.2 Å². The summed E-state index contributed by atoms with van der Waals surface area (Å²) < 4.78 is 0. The lowest BCUT2D eigenvalue weighted by Gasteiger charge is -2.08. The van der Waals surface area contributed by atoms with Crippen LogP contribution in [0.1, 0.15) is 12.5 Å². The summed E-state index contributed by atoms with van der Waals surface area (Å²) in [5, 5.41) is 0. The highest BCUT2D eigenvalue weighted by Crippen LogP contribution is 1.99. The minimum atomic E-state index is 0. The smallest absolute Gasteiger partial charge is 0.0227 e. The topological polar surface area (TPSA) is 3.24 Å². The van der Waals surface area contributed by atoms with Gasteiger partial charge in [-0.3, -0.25) is 0 Å². The van der Waals surface area contributed by atoms with Crippen molar-refractivity contribution in [3.63, 3.8) is 0 Å². The van der Waals surface area contributed by atoms with Gasteiger partial charge in [0.15, 0.2) is 0 Å². The monoisotopic (exact) mass is 200 g/mol. The lowest BCUT2D eigenvalue weighted by Crippen LogP contribution is -2.10. The van der Waals surface area contributed by atoms with Crippen molar-refractivity contribution in [2.75, 3.05) is 14.1 Å². The summed E-state index contributed by atoms with van der Waals surface area (Å²) in [5.41, 5.74) is 1.37. The first-order valence-electron chi connectivity index (χ1n) is 4.18. The Morgan fingerprint density at radius 1 is 1.08 bits per heavy atom. The maximum absolute atomic E-state index is 3.25.